The molecular weight excluding hydrogens is 426 g/mol. The van der Waals surface area contributed by atoms with Crippen molar-refractivity contribution < 1.29 is 22.7 Å². The van der Waals surface area contributed by atoms with Crippen molar-refractivity contribution in [2.75, 3.05) is 19.7 Å². The minimum atomic E-state index is -3.70. The Morgan fingerprint density at radius 3 is 2.03 bits per heavy atom. The fourth-order valence-electron chi connectivity index (χ4n) is 3.27. The lowest BCUT2D eigenvalue weighted by Gasteiger charge is -2.18. The molecule has 166 valence electrons. The van der Waals surface area contributed by atoms with Crippen LogP contribution in [0.1, 0.15) is 34.6 Å². The van der Waals surface area contributed by atoms with Crippen LogP contribution in [0.15, 0.2) is 83.8 Å². The van der Waals surface area contributed by atoms with E-state index in [0.29, 0.717) is 18.7 Å². The number of Topliss-reactive ketones (excluding diaryl/α,β-unsaturated/α-hetero) is 1. The molecule has 0 heterocycles. The van der Waals surface area contributed by atoms with Crippen LogP contribution < -0.4 is 0 Å². The molecule has 0 aliphatic heterocycles. The molecule has 0 saturated carbocycles. The Kier molecular flexibility index (Phi) is 7.56. The van der Waals surface area contributed by atoms with E-state index in [0.717, 1.165) is 11.1 Å². The Morgan fingerprint density at radius 2 is 1.41 bits per heavy atom. The van der Waals surface area contributed by atoms with Crippen molar-refractivity contribution in [2.45, 2.75) is 18.7 Å². The summed E-state index contributed by atoms with van der Waals surface area (Å²) in [6, 6.07) is 22.5. The Balaban J connectivity index is 1.66. The summed E-state index contributed by atoms with van der Waals surface area (Å²) < 4.78 is 31.8. The van der Waals surface area contributed by atoms with Gasteiger partial charge in [0.25, 0.3) is 0 Å². The second kappa shape index (κ2) is 10.3. The molecule has 0 N–H and O–H groups in total. The number of carbonyl (C=O) groups excluding carboxylic acids is 2. The molecule has 0 atom stereocenters. The van der Waals surface area contributed by atoms with Gasteiger partial charge in [-0.05, 0) is 29.3 Å². The van der Waals surface area contributed by atoms with E-state index in [2.05, 4.69) is 0 Å². The highest BCUT2D eigenvalue weighted by molar-refractivity contribution is 7.89. The second-order valence-electron chi connectivity index (χ2n) is 7.06. The number of hydrogen-bond donors (Lipinski definition) is 0. The van der Waals surface area contributed by atoms with Gasteiger partial charge in [0.15, 0.2) is 12.4 Å². The van der Waals surface area contributed by atoms with Crippen molar-refractivity contribution in [3.05, 3.63) is 90.0 Å². The van der Waals surface area contributed by atoms with Gasteiger partial charge in [-0.15, -0.1) is 0 Å². The number of ether oxygens (including phenoxy) is 1. The van der Waals surface area contributed by atoms with Crippen molar-refractivity contribution in [1.82, 2.24) is 4.31 Å². The van der Waals surface area contributed by atoms with Gasteiger partial charge in [-0.25, -0.2) is 13.2 Å². The van der Waals surface area contributed by atoms with Gasteiger partial charge in [-0.1, -0.05) is 74.5 Å². The molecule has 0 aliphatic rings. The molecule has 0 radical (unpaired) electrons. The third-order valence-corrected chi connectivity index (χ3v) is 7.11. The predicted octanol–water partition coefficient (Wildman–Crippen LogP) is 4.42. The number of carbonyl (C=O) groups is 2. The van der Waals surface area contributed by atoms with Crippen molar-refractivity contribution >= 4 is 21.8 Å². The zero-order valence-electron chi connectivity index (χ0n) is 18.0. The molecular formula is C25H25NO5S. The Labute approximate surface area is 188 Å². The van der Waals surface area contributed by atoms with Gasteiger partial charge in [-0.2, -0.15) is 4.31 Å². The third kappa shape index (κ3) is 5.30. The summed E-state index contributed by atoms with van der Waals surface area (Å²) >= 11 is 0. The number of rotatable bonds is 9. The van der Waals surface area contributed by atoms with Crippen LogP contribution in [0.5, 0.6) is 0 Å². The van der Waals surface area contributed by atoms with E-state index >= 15 is 0 Å². The average Bonchev–Trinajstić information content (AvgIpc) is 2.83. The highest BCUT2D eigenvalue weighted by Crippen LogP contribution is 2.20. The first-order chi connectivity index (χ1) is 15.4. The van der Waals surface area contributed by atoms with Gasteiger partial charge in [0.2, 0.25) is 10.0 Å². The van der Waals surface area contributed by atoms with Crippen LogP contribution in [-0.4, -0.2) is 44.2 Å². The van der Waals surface area contributed by atoms with Crippen LogP contribution in [-0.2, 0) is 14.8 Å². The van der Waals surface area contributed by atoms with E-state index in [1.54, 1.807) is 26.0 Å². The number of ketones is 1. The van der Waals surface area contributed by atoms with Crippen molar-refractivity contribution in [3.8, 4) is 11.1 Å². The number of esters is 1. The molecule has 0 saturated heterocycles. The average molecular weight is 452 g/mol. The smallest absolute Gasteiger partial charge is 0.338 e. The monoisotopic (exact) mass is 451 g/mol. The maximum absolute atomic E-state index is 12.7. The zero-order valence-corrected chi connectivity index (χ0v) is 18.8. The molecule has 7 heteroatoms. The van der Waals surface area contributed by atoms with E-state index in [1.807, 2.05) is 42.5 Å². The highest BCUT2D eigenvalue weighted by Gasteiger charge is 2.23. The molecule has 3 aromatic carbocycles. The summed E-state index contributed by atoms with van der Waals surface area (Å²) in [6.45, 7) is 3.71. The second-order valence-corrected chi connectivity index (χ2v) is 9.00. The minimum absolute atomic E-state index is 0.0125. The Bertz CT molecular complexity index is 1180. The lowest BCUT2D eigenvalue weighted by atomic mass is 10.0. The fraction of sp³-hybridized carbons (Fsp3) is 0.200. The van der Waals surface area contributed by atoms with Crippen LogP contribution in [0.25, 0.3) is 11.1 Å². The largest absolute Gasteiger partial charge is 0.454 e. The summed E-state index contributed by atoms with van der Waals surface area (Å²) in [5, 5.41) is 0. The predicted molar refractivity (Wildman–Crippen MR) is 123 cm³/mol. The van der Waals surface area contributed by atoms with Gasteiger partial charge >= 0.3 is 5.97 Å². The summed E-state index contributed by atoms with van der Waals surface area (Å²) in [7, 11) is -3.70. The van der Waals surface area contributed by atoms with Gasteiger partial charge in [-0.3, -0.25) is 4.79 Å². The van der Waals surface area contributed by atoms with Crippen molar-refractivity contribution in [1.29, 1.82) is 0 Å². The van der Waals surface area contributed by atoms with Gasteiger partial charge in [0.1, 0.15) is 0 Å². The van der Waals surface area contributed by atoms with Crippen LogP contribution >= 0.6 is 0 Å². The SMILES string of the molecule is CCN(CC)S(=O)(=O)c1cccc(C(=O)OCC(=O)c2ccc(-c3ccccc3)cc2)c1. The first-order valence-electron chi connectivity index (χ1n) is 10.3. The summed E-state index contributed by atoms with van der Waals surface area (Å²) in [6.07, 6.45) is 0. The number of nitrogens with zero attached hydrogens (tertiary/aromatic N) is 1. The zero-order chi connectivity index (χ0) is 23.1. The van der Waals surface area contributed by atoms with Crippen molar-refractivity contribution in [3.63, 3.8) is 0 Å². The van der Waals surface area contributed by atoms with E-state index in [-0.39, 0.29) is 16.2 Å². The quantitative estimate of drug-likeness (QED) is 0.355. The highest BCUT2D eigenvalue weighted by atomic mass is 32.2. The molecule has 0 fully saturated rings. The Hall–Kier alpha value is -3.29. The molecule has 3 aromatic rings. The van der Waals surface area contributed by atoms with Crippen LogP contribution in [0.4, 0.5) is 0 Å². The minimum Gasteiger partial charge on any atom is -0.454 e. The van der Waals surface area contributed by atoms with Gasteiger partial charge < -0.3 is 4.74 Å². The molecule has 3 rings (SSSR count). The lowest BCUT2D eigenvalue weighted by Crippen LogP contribution is -2.30. The van der Waals surface area contributed by atoms with E-state index in [9.17, 15) is 18.0 Å². The molecule has 6 nitrogen and oxygen atoms in total. The summed E-state index contributed by atoms with van der Waals surface area (Å²) in [4.78, 5) is 24.9. The van der Waals surface area contributed by atoms with E-state index in [4.69, 9.17) is 4.74 Å². The number of hydrogen-bond acceptors (Lipinski definition) is 5. The molecule has 0 aliphatic carbocycles. The third-order valence-electron chi connectivity index (χ3n) is 5.06. The van der Waals surface area contributed by atoms with Crippen LogP contribution in [0.3, 0.4) is 0 Å². The normalized spacial score (nSPS) is 11.3. The standard InChI is InChI=1S/C25H25NO5S/c1-3-26(4-2)32(29,30)23-12-8-11-22(17-23)25(28)31-18-24(27)21-15-13-20(14-16-21)19-9-6-5-7-10-19/h5-17H,3-4,18H2,1-2H3. The van der Waals surface area contributed by atoms with Gasteiger partial charge in [0.05, 0.1) is 10.5 Å². The maximum Gasteiger partial charge on any atom is 0.338 e. The first-order valence-corrected chi connectivity index (χ1v) is 11.8. The lowest BCUT2D eigenvalue weighted by molar-refractivity contribution is 0.0474. The van der Waals surface area contributed by atoms with Crippen molar-refractivity contribution in [2.24, 2.45) is 0 Å². The molecule has 0 bridgehead atoms. The molecule has 32 heavy (non-hydrogen) atoms. The van der Waals surface area contributed by atoms with E-state index < -0.39 is 22.6 Å². The van der Waals surface area contributed by atoms with Crippen LogP contribution in [0.2, 0.25) is 0 Å². The summed E-state index contributed by atoms with van der Waals surface area (Å²) in [5.41, 5.74) is 2.52. The fourth-order valence-corrected chi connectivity index (χ4v) is 4.78. The topological polar surface area (TPSA) is 80.8 Å². The first kappa shape index (κ1) is 23.4. The van der Waals surface area contributed by atoms with E-state index in [1.165, 1.54) is 28.6 Å². The Morgan fingerprint density at radius 1 is 0.781 bits per heavy atom. The molecule has 0 spiro atoms. The van der Waals surface area contributed by atoms with Gasteiger partial charge in [0, 0.05) is 18.7 Å². The summed E-state index contributed by atoms with van der Waals surface area (Å²) in [5.74, 6) is -1.10. The molecule has 0 aromatic heterocycles. The van der Waals surface area contributed by atoms with Crippen LogP contribution in [0, 0.1) is 0 Å². The molecule has 0 amide bonds. The maximum atomic E-state index is 12.7. The number of sulfonamides is 1. The molecule has 0 unspecified atom stereocenters. The number of benzene rings is 3.